The minimum atomic E-state index is -4.27. The highest BCUT2D eigenvalue weighted by Crippen LogP contribution is 2.27. The number of amides is 1. The zero-order chi connectivity index (χ0) is 27.2. The molecule has 196 valence electrons. The molecule has 0 bridgehead atoms. The molecule has 3 rings (SSSR count). The first-order chi connectivity index (χ1) is 17.5. The van der Waals surface area contributed by atoms with Gasteiger partial charge in [0, 0.05) is 41.9 Å². The number of anilines is 2. The van der Waals surface area contributed by atoms with Crippen molar-refractivity contribution in [3.05, 3.63) is 68.6 Å². The molecule has 15 heteroatoms. The Morgan fingerprint density at radius 3 is 2.54 bits per heavy atom. The number of ether oxygens (including phenoxy) is 2. The van der Waals surface area contributed by atoms with Crippen LogP contribution < -0.4 is 21.0 Å². The topological polar surface area (TPSA) is 196 Å². The molecule has 0 saturated carbocycles. The average Bonchev–Trinajstić information content (AvgIpc) is 2.85. The summed E-state index contributed by atoms with van der Waals surface area (Å²) in [5, 5.41) is 16.7. The summed E-state index contributed by atoms with van der Waals surface area (Å²) in [6.45, 7) is 0.667. The molecule has 0 saturated heterocycles. The second-order valence-electron chi connectivity index (χ2n) is 7.32. The predicted octanol–water partition coefficient (Wildman–Crippen LogP) is 2.33. The average molecular weight is 535 g/mol. The van der Waals surface area contributed by atoms with Crippen molar-refractivity contribution in [2.45, 2.75) is 18.4 Å². The molecule has 3 N–H and O–H groups in total. The smallest absolute Gasteiger partial charge is 0.411 e. The molecule has 37 heavy (non-hydrogen) atoms. The van der Waals surface area contributed by atoms with Gasteiger partial charge in [-0.3, -0.25) is 20.2 Å². The third-order valence-electron chi connectivity index (χ3n) is 4.89. The normalized spacial score (nSPS) is 11.1. The Kier molecular flexibility index (Phi) is 8.41. The van der Waals surface area contributed by atoms with Gasteiger partial charge in [0.25, 0.3) is 5.69 Å². The van der Waals surface area contributed by atoms with Crippen LogP contribution in [-0.2, 0) is 30.9 Å². The SMILES string of the molecule is CCOC(=O)Nc1ccc2c(COC(=O)CNS(=O)(=O)c3ccc(NC)c([N+](=O)[O-])c3)cc(=O)oc2c1. The van der Waals surface area contributed by atoms with Crippen LogP contribution >= 0.6 is 0 Å². The van der Waals surface area contributed by atoms with E-state index in [4.69, 9.17) is 13.9 Å². The van der Waals surface area contributed by atoms with Gasteiger partial charge >= 0.3 is 17.7 Å². The van der Waals surface area contributed by atoms with E-state index in [2.05, 4.69) is 10.6 Å². The third kappa shape index (κ3) is 6.80. The molecule has 0 fully saturated rings. The van der Waals surface area contributed by atoms with Gasteiger partial charge in [0.15, 0.2) is 0 Å². The van der Waals surface area contributed by atoms with E-state index in [1.54, 1.807) is 6.92 Å². The van der Waals surface area contributed by atoms with Gasteiger partial charge in [-0.1, -0.05) is 0 Å². The summed E-state index contributed by atoms with van der Waals surface area (Å²) in [6.07, 6.45) is -0.690. The fraction of sp³-hybridized carbons (Fsp3) is 0.227. The number of rotatable bonds is 10. The highest BCUT2D eigenvalue weighted by atomic mass is 32.2. The van der Waals surface area contributed by atoms with Crippen LogP contribution in [0.1, 0.15) is 12.5 Å². The minimum absolute atomic E-state index is 0.111. The number of sulfonamides is 1. The van der Waals surface area contributed by atoms with E-state index in [9.17, 15) is 32.9 Å². The van der Waals surface area contributed by atoms with E-state index in [0.29, 0.717) is 11.1 Å². The number of fused-ring (bicyclic) bond motifs is 1. The van der Waals surface area contributed by atoms with Gasteiger partial charge < -0.3 is 19.2 Å². The summed E-state index contributed by atoms with van der Waals surface area (Å²) in [6, 6.07) is 8.80. The molecule has 1 heterocycles. The Hall–Kier alpha value is -4.50. The number of esters is 1. The second kappa shape index (κ2) is 11.5. The van der Waals surface area contributed by atoms with Crippen LogP contribution in [-0.4, -0.2) is 45.6 Å². The number of hydrogen-bond donors (Lipinski definition) is 3. The van der Waals surface area contributed by atoms with E-state index in [-0.39, 0.29) is 30.0 Å². The van der Waals surface area contributed by atoms with Gasteiger partial charge in [0.05, 0.1) is 16.4 Å². The lowest BCUT2D eigenvalue weighted by molar-refractivity contribution is -0.384. The zero-order valence-corrected chi connectivity index (χ0v) is 20.4. The molecule has 0 aliphatic carbocycles. The van der Waals surface area contributed by atoms with Crippen LogP contribution in [0.2, 0.25) is 0 Å². The Bertz CT molecular complexity index is 1520. The minimum Gasteiger partial charge on any atom is -0.460 e. The van der Waals surface area contributed by atoms with Gasteiger partial charge in [-0.05, 0) is 31.2 Å². The van der Waals surface area contributed by atoms with E-state index in [1.807, 2.05) is 4.72 Å². The second-order valence-corrected chi connectivity index (χ2v) is 9.09. The maximum atomic E-state index is 12.5. The number of nitro groups is 1. The van der Waals surface area contributed by atoms with Crippen LogP contribution in [0.4, 0.5) is 21.9 Å². The molecule has 0 radical (unpaired) electrons. The molecule has 1 aromatic heterocycles. The van der Waals surface area contributed by atoms with Gasteiger partial charge in [-0.2, -0.15) is 4.72 Å². The largest absolute Gasteiger partial charge is 0.460 e. The number of carbonyl (C=O) groups is 2. The molecule has 14 nitrogen and oxygen atoms in total. The van der Waals surface area contributed by atoms with Crippen LogP contribution in [0.15, 0.2) is 56.6 Å². The van der Waals surface area contributed by atoms with Gasteiger partial charge in [0.2, 0.25) is 10.0 Å². The van der Waals surface area contributed by atoms with E-state index in [0.717, 1.165) is 18.2 Å². The first-order valence-corrected chi connectivity index (χ1v) is 12.1. The number of benzene rings is 2. The Balaban J connectivity index is 1.68. The first kappa shape index (κ1) is 27.1. The summed E-state index contributed by atoms with van der Waals surface area (Å²) in [7, 11) is -2.82. The van der Waals surface area contributed by atoms with Crippen molar-refractivity contribution < 1.29 is 36.8 Å². The van der Waals surface area contributed by atoms with Gasteiger partial charge in [-0.15, -0.1) is 0 Å². The van der Waals surface area contributed by atoms with Crippen LogP contribution in [0, 0.1) is 10.1 Å². The summed E-state index contributed by atoms with van der Waals surface area (Å²) in [5.41, 5.74) is -0.376. The van der Waals surface area contributed by atoms with Crippen molar-refractivity contribution in [1.82, 2.24) is 4.72 Å². The lowest BCUT2D eigenvalue weighted by Crippen LogP contribution is -2.30. The molecular weight excluding hydrogens is 512 g/mol. The molecule has 3 aromatic rings. The summed E-state index contributed by atoms with van der Waals surface area (Å²) < 4.78 is 42.0. The van der Waals surface area contributed by atoms with Crippen molar-refractivity contribution >= 4 is 50.1 Å². The number of nitrogens with one attached hydrogen (secondary N) is 3. The van der Waals surface area contributed by atoms with Crippen LogP contribution in [0.5, 0.6) is 0 Å². The number of carbonyl (C=O) groups excluding carboxylic acids is 2. The van der Waals surface area contributed by atoms with Gasteiger partial charge in [0.1, 0.15) is 24.4 Å². The molecule has 2 aromatic carbocycles. The Morgan fingerprint density at radius 2 is 1.86 bits per heavy atom. The highest BCUT2D eigenvalue weighted by Gasteiger charge is 2.22. The maximum Gasteiger partial charge on any atom is 0.411 e. The summed E-state index contributed by atoms with van der Waals surface area (Å²) in [5.74, 6) is -0.966. The monoisotopic (exact) mass is 534 g/mol. The van der Waals surface area contributed by atoms with Crippen LogP contribution in [0.25, 0.3) is 11.0 Å². The van der Waals surface area contributed by atoms with Crippen molar-refractivity contribution in [3.8, 4) is 0 Å². The standard InChI is InChI=1S/C22H22N4O10S/c1-3-34-22(29)25-14-4-6-16-13(8-20(27)36-19(16)9-14)12-35-21(28)11-24-37(32,33)15-5-7-17(23-2)18(10-15)26(30)31/h4-10,23-24H,3,11-12H2,1-2H3,(H,25,29). The van der Waals surface area contributed by atoms with Crippen molar-refractivity contribution in [3.63, 3.8) is 0 Å². The molecule has 0 aliphatic rings. The lowest BCUT2D eigenvalue weighted by Gasteiger charge is -2.10. The molecule has 1 amide bonds. The van der Waals surface area contributed by atoms with Crippen LogP contribution in [0.3, 0.4) is 0 Å². The molecular formula is C22H22N4O10S. The quantitative estimate of drug-likeness (QED) is 0.149. The zero-order valence-electron chi connectivity index (χ0n) is 19.6. The first-order valence-electron chi connectivity index (χ1n) is 10.7. The molecule has 0 aliphatic heterocycles. The summed E-state index contributed by atoms with van der Waals surface area (Å²) >= 11 is 0. The number of hydrogen-bond acceptors (Lipinski definition) is 11. The fourth-order valence-electron chi connectivity index (χ4n) is 3.20. The van der Waals surface area contributed by atoms with E-state index >= 15 is 0 Å². The van der Waals surface area contributed by atoms with Crippen molar-refractivity contribution in [2.24, 2.45) is 0 Å². The maximum absolute atomic E-state index is 12.5. The highest BCUT2D eigenvalue weighted by molar-refractivity contribution is 7.89. The number of nitrogens with zero attached hydrogens (tertiary/aromatic N) is 1. The molecule has 0 spiro atoms. The molecule has 0 atom stereocenters. The number of nitro benzene ring substituents is 1. The third-order valence-corrected chi connectivity index (χ3v) is 6.29. The van der Waals surface area contributed by atoms with Crippen molar-refractivity contribution in [1.29, 1.82) is 0 Å². The predicted molar refractivity (Wildman–Crippen MR) is 131 cm³/mol. The Morgan fingerprint density at radius 1 is 1.11 bits per heavy atom. The van der Waals surface area contributed by atoms with Gasteiger partial charge in [-0.25, -0.2) is 18.0 Å². The van der Waals surface area contributed by atoms with E-state index in [1.165, 1.54) is 31.3 Å². The Labute approximate surface area is 209 Å². The molecule has 0 unspecified atom stereocenters. The van der Waals surface area contributed by atoms with Crippen molar-refractivity contribution in [2.75, 3.05) is 30.8 Å². The summed E-state index contributed by atoms with van der Waals surface area (Å²) in [4.78, 5) is 45.8. The van der Waals surface area contributed by atoms with E-state index < -0.39 is 49.8 Å². The lowest BCUT2D eigenvalue weighted by atomic mass is 10.1. The fourth-order valence-corrected chi connectivity index (χ4v) is 4.19.